The third-order valence-corrected chi connectivity index (χ3v) is 2.39. The second kappa shape index (κ2) is 3.18. The number of aryl methyl sites for hydroxylation is 2. The van der Waals surface area contributed by atoms with Crippen molar-refractivity contribution < 1.29 is 0 Å². The Balaban J connectivity index is 2.53. The molecule has 0 unspecified atom stereocenters. The highest BCUT2D eigenvalue weighted by Crippen LogP contribution is 2.22. The molecule has 2 rings (SSSR count). The van der Waals surface area contributed by atoms with Gasteiger partial charge in [-0.2, -0.15) is 5.10 Å². The smallest absolute Gasteiger partial charge is 0.0678 e. The lowest BCUT2D eigenvalue weighted by Gasteiger charge is -2.05. The topological polar surface area (TPSA) is 43.8 Å². The standard InChI is InChI=1S/C11H13N3/c1-8-7-9(3-4-10(8)12)11-5-6-13-14(11)2/h3-7H,12H2,1-2H3. The van der Waals surface area contributed by atoms with Gasteiger partial charge >= 0.3 is 0 Å². The van der Waals surface area contributed by atoms with Crippen LogP contribution in [0.4, 0.5) is 5.69 Å². The van der Waals surface area contributed by atoms with E-state index in [-0.39, 0.29) is 0 Å². The van der Waals surface area contributed by atoms with Crippen LogP contribution in [0.1, 0.15) is 5.56 Å². The minimum Gasteiger partial charge on any atom is -0.399 e. The van der Waals surface area contributed by atoms with Crippen molar-refractivity contribution in [3.05, 3.63) is 36.0 Å². The van der Waals surface area contributed by atoms with Crippen LogP contribution < -0.4 is 5.73 Å². The van der Waals surface area contributed by atoms with Crippen LogP contribution in [0.25, 0.3) is 11.3 Å². The molecule has 0 radical (unpaired) electrons. The molecular formula is C11H13N3. The van der Waals surface area contributed by atoms with Crippen LogP contribution in [0.5, 0.6) is 0 Å². The summed E-state index contributed by atoms with van der Waals surface area (Å²) in [4.78, 5) is 0. The third-order valence-electron chi connectivity index (χ3n) is 2.39. The van der Waals surface area contributed by atoms with Crippen LogP contribution >= 0.6 is 0 Å². The molecule has 3 heteroatoms. The molecule has 0 saturated carbocycles. The van der Waals surface area contributed by atoms with Gasteiger partial charge in [0.2, 0.25) is 0 Å². The maximum atomic E-state index is 5.76. The Labute approximate surface area is 83.2 Å². The van der Waals surface area contributed by atoms with Crippen molar-refractivity contribution >= 4 is 5.69 Å². The van der Waals surface area contributed by atoms with Crippen molar-refractivity contribution in [3.8, 4) is 11.3 Å². The van der Waals surface area contributed by atoms with Crippen molar-refractivity contribution in [2.45, 2.75) is 6.92 Å². The Bertz CT molecular complexity index is 457. The summed E-state index contributed by atoms with van der Waals surface area (Å²) >= 11 is 0. The zero-order chi connectivity index (χ0) is 10.1. The SMILES string of the molecule is Cc1cc(-c2ccnn2C)ccc1N. The van der Waals surface area contributed by atoms with Gasteiger partial charge in [0, 0.05) is 24.5 Å². The summed E-state index contributed by atoms with van der Waals surface area (Å²) in [7, 11) is 1.93. The molecule has 0 bridgehead atoms. The number of anilines is 1. The lowest BCUT2D eigenvalue weighted by molar-refractivity contribution is 0.776. The van der Waals surface area contributed by atoms with E-state index in [9.17, 15) is 0 Å². The molecule has 0 saturated heterocycles. The summed E-state index contributed by atoms with van der Waals surface area (Å²) < 4.78 is 1.85. The second-order valence-corrected chi connectivity index (χ2v) is 3.41. The predicted molar refractivity (Wildman–Crippen MR) is 57.8 cm³/mol. The minimum atomic E-state index is 0.830. The fourth-order valence-corrected chi connectivity index (χ4v) is 1.49. The fraction of sp³-hybridized carbons (Fsp3) is 0.182. The normalized spacial score (nSPS) is 10.4. The van der Waals surface area contributed by atoms with Gasteiger partial charge in [-0.15, -0.1) is 0 Å². The number of aromatic nitrogens is 2. The monoisotopic (exact) mass is 187 g/mol. The molecule has 0 atom stereocenters. The minimum absolute atomic E-state index is 0.830. The van der Waals surface area contributed by atoms with Gasteiger partial charge in [-0.25, -0.2) is 0 Å². The molecule has 1 aromatic heterocycles. The van der Waals surface area contributed by atoms with E-state index in [2.05, 4.69) is 11.2 Å². The van der Waals surface area contributed by atoms with Gasteiger partial charge in [0.05, 0.1) is 5.69 Å². The van der Waals surface area contributed by atoms with E-state index in [1.54, 1.807) is 6.20 Å². The number of nitrogens with zero attached hydrogens (tertiary/aromatic N) is 2. The Morgan fingerprint density at radius 3 is 2.64 bits per heavy atom. The molecule has 0 aliphatic heterocycles. The average molecular weight is 187 g/mol. The molecule has 0 fully saturated rings. The van der Waals surface area contributed by atoms with E-state index < -0.39 is 0 Å². The van der Waals surface area contributed by atoms with E-state index in [0.29, 0.717) is 0 Å². The molecule has 0 aliphatic rings. The first-order valence-corrected chi connectivity index (χ1v) is 4.53. The summed E-state index contributed by atoms with van der Waals surface area (Å²) in [5, 5.41) is 4.13. The van der Waals surface area contributed by atoms with Crippen LogP contribution in [0, 0.1) is 6.92 Å². The van der Waals surface area contributed by atoms with Gasteiger partial charge < -0.3 is 5.73 Å². The molecule has 0 amide bonds. The summed E-state index contributed by atoms with van der Waals surface area (Å²) in [5.41, 5.74) is 9.94. The summed E-state index contributed by atoms with van der Waals surface area (Å²) in [5.74, 6) is 0. The molecule has 14 heavy (non-hydrogen) atoms. The zero-order valence-electron chi connectivity index (χ0n) is 8.36. The summed E-state index contributed by atoms with van der Waals surface area (Å²) in [6, 6.07) is 8.01. The van der Waals surface area contributed by atoms with Crippen molar-refractivity contribution in [1.29, 1.82) is 0 Å². The van der Waals surface area contributed by atoms with E-state index in [1.165, 1.54) is 0 Å². The van der Waals surface area contributed by atoms with E-state index in [4.69, 9.17) is 5.73 Å². The van der Waals surface area contributed by atoms with Gasteiger partial charge in [-0.05, 0) is 30.7 Å². The Kier molecular flexibility index (Phi) is 2.00. The number of nitrogens with two attached hydrogens (primary N) is 1. The largest absolute Gasteiger partial charge is 0.399 e. The molecule has 0 spiro atoms. The van der Waals surface area contributed by atoms with Gasteiger partial charge in [0.1, 0.15) is 0 Å². The highest BCUT2D eigenvalue weighted by atomic mass is 15.2. The first-order valence-electron chi connectivity index (χ1n) is 4.53. The molecule has 0 aliphatic carbocycles. The van der Waals surface area contributed by atoms with Crippen LogP contribution in [0.15, 0.2) is 30.5 Å². The number of hydrogen-bond acceptors (Lipinski definition) is 2. The first-order chi connectivity index (χ1) is 6.68. The number of nitrogen functional groups attached to an aromatic ring is 1. The Morgan fingerprint density at radius 2 is 2.07 bits per heavy atom. The fourth-order valence-electron chi connectivity index (χ4n) is 1.49. The highest BCUT2D eigenvalue weighted by Gasteiger charge is 2.03. The number of rotatable bonds is 1. The molecule has 72 valence electrons. The third kappa shape index (κ3) is 1.37. The number of hydrogen-bond donors (Lipinski definition) is 1. The summed E-state index contributed by atoms with van der Waals surface area (Å²) in [6.45, 7) is 2.01. The Morgan fingerprint density at radius 1 is 1.29 bits per heavy atom. The summed E-state index contributed by atoms with van der Waals surface area (Å²) in [6.07, 6.45) is 1.79. The molecule has 2 aromatic rings. The molecule has 3 nitrogen and oxygen atoms in total. The second-order valence-electron chi connectivity index (χ2n) is 3.41. The first kappa shape index (κ1) is 8.81. The van der Waals surface area contributed by atoms with Gasteiger partial charge in [0.15, 0.2) is 0 Å². The predicted octanol–water partition coefficient (Wildman–Crippen LogP) is 1.98. The van der Waals surface area contributed by atoms with Crippen LogP contribution in [0.2, 0.25) is 0 Å². The Hall–Kier alpha value is -1.77. The van der Waals surface area contributed by atoms with Crippen LogP contribution in [-0.2, 0) is 7.05 Å². The van der Waals surface area contributed by atoms with Gasteiger partial charge in [0.25, 0.3) is 0 Å². The van der Waals surface area contributed by atoms with Crippen LogP contribution in [-0.4, -0.2) is 9.78 Å². The zero-order valence-corrected chi connectivity index (χ0v) is 8.36. The highest BCUT2D eigenvalue weighted by molar-refractivity contribution is 5.64. The van der Waals surface area contributed by atoms with E-state index >= 15 is 0 Å². The van der Waals surface area contributed by atoms with E-state index in [1.807, 2.05) is 36.9 Å². The van der Waals surface area contributed by atoms with Crippen LogP contribution in [0.3, 0.4) is 0 Å². The lowest BCUT2D eigenvalue weighted by Crippen LogP contribution is -1.95. The molecule has 1 aromatic carbocycles. The number of benzene rings is 1. The van der Waals surface area contributed by atoms with Gasteiger partial charge in [-0.3, -0.25) is 4.68 Å². The lowest BCUT2D eigenvalue weighted by atomic mass is 10.1. The molecule has 2 N–H and O–H groups in total. The van der Waals surface area contributed by atoms with Crippen molar-refractivity contribution in [2.24, 2.45) is 7.05 Å². The quantitative estimate of drug-likeness (QED) is 0.694. The molecule has 1 heterocycles. The molecular weight excluding hydrogens is 174 g/mol. The maximum absolute atomic E-state index is 5.76. The maximum Gasteiger partial charge on any atom is 0.0678 e. The van der Waals surface area contributed by atoms with Crippen molar-refractivity contribution in [1.82, 2.24) is 9.78 Å². The van der Waals surface area contributed by atoms with Gasteiger partial charge in [-0.1, -0.05) is 6.07 Å². The average Bonchev–Trinajstić information content (AvgIpc) is 2.57. The van der Waals surface area contributed by atoms with Crippen molar-refractivity contribution in [2.75, 3.05) is 5.73 Å². The van der Waals surface area contributed by atoms with Crippen molar-refractivity contribution in [3.63, 3.8) is 0 Å². The van der Waals surface area contributed by atoms with E-state index in [0.717, 1.165) is 22.5 Å².